The molecule has 0 spiro atoms. The summed E-state index contributed by atoms with van der Waals surface area (Å²) in [5, 5.41) is 0. The van der Waals surface area contributed by atoms with Crippen molar-refractivity contribution in [3.8, 4) is 0 Å². The summed E-state index contributed by atoms with van der Waals surface area (Å²) in [6.07, 6.45) is -3.39. The molecule has 0 aliphatic rings. The Kier molecular flexibility index (Phi) is 2.97. The second kappa shape index (κ2) is 3.67. The van der Waals surface area contributed by atoms with Crippen LogP contribution in [0.5, 0.6) is 0 Å². The molecule has 7 heteroatoms. The van der Waals surface area contributed by atoms with Crippen LogP contribution in [0.25, 0.3) is 0 Å². The molecule has 13 heavy (non-hydrogen) atoms. The summed E-state index contributed by atoms with van der Waals surface area (Å²) in [5.74, 6) is 0. The van der Waals surface area contributed by atoms with Crippen LogP contribution in [0.4, 0.5) is 13.2 Å². The van der Waals surface area contributed by atoms with Crippen LogP contribution < -0.4 is 5.56 Å². The zero-order valence-electron chi connectivity index (χ0n) is 6.08. The average molecular weight is 227 g/mol. The van der Waals surface area contributed by atoms with Gasteiger partial charge in [-0.3, -0.25) is 4.79 Å². The Morgan fingerprint density at radius 2 is 2.08 bits per heavy atom. The Balaban J connectivity index is 3.33. The lowest BCUT2D eigenvalue weighted by Crippen LogP contribution is -2.24. The number of halogens is 3. The molecule has 0 saturated carbocycles. The third kappa shape index (κ3) is 2.22. The van der Waals surface area contributed by atoms with Crippen LogP contribution in [-0.4, -0.2) is 3.97 Å². The molecule has 1 aromatic rings. The van der Waals surface area contributed by atoms with Crippen molar-refractivity contribution in [3.05, 3.63) is 34.2 Å². The minimum absolute atomic E-state index is 0.624. The van der Waals surface area contributed by atoms with Gasteiger partial charge in [-0.2, -0.15) is 13.2 Å². The number of aromatic nitrogens is 1. The Bertz CT molecular complexity index is 360. The monoisotopic (exact) mass is 227 g/mol. The van der Waals surface area contributed by atoms with Gasteiger partial charge in [0.05, 0.1) is 0 Å². The molecule has 0 unspecified atom stereocenters. The van der Waals surface area contributed by atoms with Crippen molar-refractivity contribution in [3.63, 3.8) is 0 Å². The lowest BCUT2D eigenvalue weighted by atomic mass is 10.3. The van der Waals surface area contributed by atoms with E-state index in [4.69, 9.17) is 0 Å². The van der Waals surface area contributed by atoms with E-state index in [0.29, 0.717) is 11.0 Å². The van der Waals surface area contributed by atoms with E-state index in [9.17, 15) is 18.0 Å². The van der Waals surface area contributed by atoms with Crippen molar-refractivity contribution in [2.45, 2.75) is 6.18 Å². The molecule has 1 aromatic heterocycles. The van der Waals surface area contributed by atoms with E-state index in [1.54, 1.807) is 0 Å². The molecule has 72 valence electrons. The first-order valence-electron chi connectivity index (χ1n) is 3.07. The number of nitrogens with zero attached hydrogens (tertiary/aromatic N) is 1. The Morgan fingerprint density at radius 1 is 1.46 bits per heavy atom. The van der Waals surface area contributed by atoms with E-state index in [1.807, 2.05) is 0 Å². The van der Waals surface area contributed by atoms with Crippen LogP contribution in [0.3, 0.4) is 0 Å². The molecule has 1 rings (SSSR count). The van der Waals surface area contributed by atoms with E-state index >= 15 is 0 Å². The predicted molar refractivity (Wildman–Crippen MR) is 47.7 cm³/mol. The zero-order valence-corrected chi connectivity index (χ0v) is 7.79. The summed E-state index contributed by atoms with van der Waals surface area (Å²) in [6, 6.07) is 1.89. The maximum Gasteiger partial charge on any atom is 0.421 e. The largest absolute Gasteiger partial charge is 0.421 e. The van der Waals surface area contributed by atoms with Gasteiger partial charge in [0.2, 0.25) is 0 Å². The first-order chi connectivity index (χ1) is 5.96. The summed E-state index contributed by atoms with van der Waals surface area (Å²) >= 11 is 3.64. The van der Waals surface area contributed by atoms with E-state index in [-0.39, 0.29) is 0 Å². The van der Waals surface area contributed by atoms with E-state index in [1.165, 1.54) is 6.20 Å². The third-order valence-corrected chi connectivity index (χ3v) is 2.30. The quantitative estimate of drug-likeness (QED) is 0.587. The van der Waals surface area contributed by atoms with Crippen LogP contribution >= 0.6 is 22.6 Å². The first-order valence-corrected chi connectivity index (χ1v) is 4.90. The van der Waals surface area contributed by atoms with Gasteiger partial charge in [0, 0.05) is 17.2 Å². The fourth-order valence-corrected chi connectivity index (χ4v) is 1.44. The van der Waals surface area contributed by atoms with Gasteiger partial charge in [0.1, 0.15) is 5.56 Å². The van der Waals surface area contributed by atoms with Gasteiger partial charge in [0.25, 0.3) is 5.56 Å². The maximum atomic E-state index is 12.1. The highest BCUT2D eigenvalue weighted by atomic mass is 33.1. The molecule has 0 aliphatic heterocycles. The van der Waals surface area contributed by atoms with Crippen molar-refractivity contribution in [1.29, 1.82) is 0 Å². The second-order valence-corrected chi connectivity index (χ2v) is 3.18. The van der Waals surface area contributed by atoms with Gasteiger partial charge >= 0.3 is 6.18 Å². The molecule has 0 atom stereocenters. The predicted octanol–water partition coefficient (Wildman–Crippen LogP) is 2.21. The highest BCUT2D eigenvalue weighted by Gasteiger charge is 2.34. The fourth-order valence-electron chi connectivity index (χ4n) is 0.755. The van der Waals surface area contributed by atoms with E-state index in [2.05, 4.69) is 11.7 Å². The highest BCUT2D eigenvalue weighted by molar-refractivity contribution is 8.67. The number of alkyl halides is 3. The summed E-state index contributed by atoms with van der Waals surface area (Å²) in [5.41, 5.74) is -2.29. The van der Waals surface area contributed by atoms with E-state index < -0.39 is 17.3 Å². The third-order valence-electron chi connectivity index (χ3n) is 1.31. The minimum Gasteiger partial charge on any atom is -0.268 e. The molecule has 0 radical (unpaired) electrons. The number of pyridine rings is 1. The van der Waals surface area contributed by atoms with Crippen LogP contribution in [0.2, 0.25) is 0 Å². The SMILES string of the molecule is O=c1c(C(F)(F)F)cccn1SS. The summed E-state index contributed by atoms with van der Waals surface area (Å²) in [4.78, 5) is 11.0. The molecule has 0 saturated heterocycles. The topological polar surface area (TPSA) is 22.0 Å². The normalized spacial score (nSPS) is 11.7. The first kappa shape index (κ1) is 10.5. The van der Waals surface area contributed by atoms with Gasteiger partial charge in [-0.1, -0.05) is 11.7 Å². The molecular formula is C6H4F3NOS2. The number of hydrogen-bond acceptors (Lipinski definition) is 3. The Hall–Kier alpha value is -0.560. The van der Waals surface area contributed by atoms with Crippen LogP contribution in [-0.2, 0) is 6.18 Å². The van der Waals surface area contributed by atoms with Crippen molar-refractivity contribution in [2.75, 3.05) is 0 Å². The van der Waals surface area contributed by atoms with Gasteiger partial charge in [-0.05, 0) is 12.1 Å². The van der Waals surface area contributed by atoms with Gasteiger partial charge < -0.3 is 0 Å². The average Bonchev–Trinajstić information content (AvgIpc) is 2.02. The molecular weight excluding hydrogens is 223 g/mol. The molecule has 0 fully saturated rings. The Labute approximate surface area is 80.7 Å². The smallest absolute Gasteiger partial charge is 0.268 e. The number of thiol groups is 1. The lowest BCUT2D eigenvalue weighted by molar-refractivity contribution is -0.138. The highest BCUT2D eigenvalue weighted by Crippen LogP contribution is 2.26. The molecule has 0 aromatic carbocycles. The summed E-state index contributed by atoms with van der Waals surface area (Å²) in [6.45, 7) is 0. The fraction of sp³-hybridized carbons (Fsp3) is 0.167. The van der Waals surface area contributed by atoms with Crippen molar-refractivity contribution in [1.82, 2.24) is 3.97 Å². The van der Waals surface area contributed by atoms with Crippen molar-refractivity contribution in [2.24, 2.45) is 0 Å². The second-order valence-electron chi connectivity index (χ2n) is 2.13. The summed E-state index contributed by atoms with van der Waals surface area (Å²) < 4.78 is 37.2. The van der Waals surface area contributed by atoms with Gasteiger partial charge in [0.15, 0.2) is 0 Å². The van der Waals surface area contributed by atoms with Crippen molar-refractivity contribution >= 4 is 22.6 Å². The molecule has 1 heterocycles. The summed E-state index contributed by atoms with van der Waals surface area (Å²) in [7, 11) is 0.624. The van der Waals surface area contributed by atoms with Crippen LogP contribution in [0, 0.1) is 0 Å². The zero-order chi connectivity index (χ0) is 10.1. The molecule has 0 aliphatic carbocycles. The molecule has 2 nitrogen and oxygen atoms in total. The maximum absolute atomic E-state index is 12.1. The van der Waals surface area contributed by atoms with Crippen LogP contribution in [0.15, 0.2) is 23.1 Å². The standard InChI is InChI=1S/C6H4F3NOS2/c7-6(8,9)4-2-1-3-10(13-12)5(4)11/h1-3,12H. The number of hydrogen-bond donors (Lipinski definition) is 1. The lowest BCUT2D eigenvalue weighted by Gasteiger charge is -2.06. The van der Waals surface area contributed by atoms with Crippen molar-refractivity contribution < 1.29 is 13.2 Å². The Morgan fingerprint density at radius 3 is 2.54 bits per heavy atom. The van der Waals surface area contributed by atoms with Gasteiger partial charge in [-0.25, -0.2) is 3.97 Å². The minimum atomic E-state index is -4.61. The number of rotatable bonds is 1. The molecule has 0 bridgehead atoms. The van der Waals surface area contributed by atoms with E-state index in [0.717, 1.165) is 16.1 Å². The van der Waals surface area contributed by atoms with Crippen LogP contribution in [0.1, 0.15) is 5.56 Å². The molecule has 0 N–H and O–H groups in total. The van der Waals surface area contributed by atoms with Gasteiger partial charge in [-0.15, -0.1) is 0 Å². The molecule has 0 amide bonds.